The van der Waals surface area contributed by atoms with Crippen LogP contribution >= 0.6 is 31.9 Å². The van der Waals surface area contributed by atoms with Gasteiger partial charge in [-0.2, -0.15) is 26.3 Å². The molecule has 0 saturated heterocycles. The molecule has 1 rings (SSSR count). The van der Waals surface area contributed by atoms with Crippen molar-refractivity contribution in [2.24, 2.45) is 11.7 Å². The highest BCUT2D eigenvalue weighted by molar-refractivity contribution is 9.25. The van der Waals surface area contributed by atoms with Crippen molar-refractivity contribution < 1.29 is 26.3 Å². The minimum absolute atomic E-state index is 0.786. The van der Waals surface area contributed by atoms with Crippen LogP contribution in [0.3, 0.4) is 0 Å². The Bertz CT molecular complexity index is 378. The van der Waals surface area contributed by atoms with Gasteiger partial charge in [-0.25, -0.2) is 0 Å². The lowest BCUT2D eigenvalue weighted by Crippen LogP contribution is -2.44. The van der Waals surface area contributed by atoms with Gasteiger partial charge < -0.3 is 5.73 Å². The third kappa shape index (κ3) is 2.98. The number of allylic oxidation sites excluding steroid dienone is 3. The fourth-order valence-electron chi connectivity index (χ4n) is 1.46. The monoisotopic (exact) mass is 387 g/mol. The van der Waals surface area contributed by atoms with E-state index in [1.54, 1.807) is 0 Å². The van der Waals surface area contributed by atoms with Gasteiger partial charge in [0.05, 0.1) is 5.57 Å². The number of halogens is 8. The molecule has 0 amide bonds. The van der Waals surface area contributed by atoms with Crippen molar-refractivity contribution in [1.29, 1.82) is 0 Å². The van der Waals surface area contributed by atoms with Crippen LogP contribution in [0.2, 0.25) is 0 Å². The minimum atomic E-state index is -5.15. The fraction of sp³-hybridized carbons (Fsp3) is 0.500. The first kappa shape index (κ1) is 14.9. The van der Waals surface area contributed by atoms with Gasteiger partial charge in [0.25, 0.3) is 0 Å². The van der Waals surface area contributed by atoms with E-state index < -0.39 is 32.8 Å². The zero-order chi connectivity index (χ0) is 13.6. The predicted octanol–water partition coefficient (Wildman–Crippen LogP) is 4.00. The minimum Gasteiger partial charge on any atom is -0.398 e. The summed E-state index contributed by atoms with van der Waals surface area (Å²) in [5.74, 6) is -2.81. The highest BCUT2D eigenvalue weighted by Crippen LogP contribution is 2.54. The number of hydrogen-bond acceptors (Lipinski definition) is 1. The molecule has 0 spiro atoms. The Kier molecular flexibility index (Phi) is 3.66. The largest absolute Gasteiger partial charge is 0.415 e. The van der Waals surface area contributed by atoms with Crippen molar-refractivity contribution >= 4 is 31.9 Å². The van der Waals surface area contributed by atoms with Crippen molar-refractivity contribution in [3.63, 3.8) is 0 Å². The lowest BCUT2D eigenvalue weighted by atomic mass is 9.88. The number of alkyl halides is 8. The van der Waals surface area contributed by atoms with Gasteiger partial charge in [0, 0.05) is 5.70 Å². The second kappa shape index (κ2) is 4.18. The van der Waals surface area contributed by atoms with E-state index in [1.165, 1.54) is 0 Å². The molecule has 0 aromatic carbocycles. The molecular formula is C8H5Br2F6N. The SMILES string of the molecule is NC1=C(C(F)(F)F)C(C(F)(F)F)C(Br)(Br)C=C1. The van der Waals surface area contributed by atoms with Gasteiger partial charge in [-0.1, -0.05) is 37.9 Å². The van der Waals surface area contributed by atoms with Crippen molar-refractivity contribution in [3.05, 3.63) is 23.4 Å². The second-order valence-electron chi connectivity index (χ2n) is 3.35. The van der Waals surface area contributed by atoms with Crippen LogP contribution in [-0.4, -0.2) is 15.6 Å². The second-order valence-corrected chi connectivity index (χ2v) is 7.04. The Morgan fingerprint density at radius 1 is 1.12 bits per heavy atom. The van der Waals surface area contributed by atoms with Crippen molar-refractivity contribution in [3.8, 4) is 0 Å². The van der Waals surface area contributed by atoms with E-state index in [4.69, 9.17) is 5.73 Å². The molecule has 0 aromatic heterocycles. The molecule has 1 aliphatic carbocycles. The molecule has 2 N–H and O–H groups in total. The van der Waals surface area contributed by atoms with Crippen LogP contribution in [0.1, 0.15) is 0 Å². The Hall–Kier alpha value is -0.180. The summed E-state index contributed by atoms with van der Waals surface area (Å²) in [6.45, 7) is 0. The highest BCUT2D eigenvalue weighted by Gasteiger charge is 2.60. The summed E-state index contributed by atoms with van der Waals surface area (Å²) in [5.41, 5.74) is 2.26. The molecule has 0 radical (unpaired) electrons. The molecule has 0 aliphatic heterocycles. The van der Waals surface area contributed by atoms with E-state index in [2.05, 4.69) is 31.9 Å². The normalized spacial score (nSPS) is 25.3. The van der Waals surface area contributed by atoms with E-state index in [-0.39, 0.29) is 0 Å². The van der Waals surface area contributed by atoms with Crippen LogP contribution in [-0.2, 0) is 0 Å². The molecule has 0 aromatic rings. The fourth-order valence-corrected chi connectivity index (χ4v) is 2.70. The van der Waals surface area contributed by atoms with Crippen LogP contribution in [0, 0.1) is 5.92 Å². The zero-order valence-electron chi connectivity index (χ0n) is 7.83. The van der Waals surface area contributed by atoms with Crippen LogP contribution in [0.15, 0.2) is 23.4 Å². The molecule has 17 heavy (non-hydrogen) atoms. The Balaban J connectivity index is 3.43. The predicted molar refractivity (Wildman–Crippen MR) is 56.5 cm³/mol. The first-order chi connectivity index (χ1) is 7.37. The van der Waals surface area contributed by atoms with E-state index in [1.807, 2.05) is 0 Å². The molecule has 9 heteroatoms. The van der Waals surface area contributed by atoms with Crippen molar-refractivity contribution in [2.75, 3.05) is 0 Å². The maximum absolute atomic E-state index is 12.7. The molecular weight excluding hydrogens is 384 g/mol. The summed E-state index contributed by atoms with van der Waals surface area (Å²) in [7, 11) is 0. The van der Waals surface area contributed by atoms with Crippen molar-refractivity contribution in [1.82, 2.24) is 0 Å². The van der Waals surface area contributed by atoms with Crippen LogP contribution in [0.25, 0.3) is 0 Å². The highest BCUT2D eigenvalue weighted by atomic mass is 79.9. The smallest absolute Gasteiger partial charge is 0.398 e. The van der Waals surface area contributed by atoms with Gasteiger partial charge in [-0.05, 0) is 6.08 Å². The molecule has 98 valence electrons. The summed E-state index contributed by atoms with van der Waals surface area (Å²) in [6.07, 6.45) is -8.57. The van der Waals surface area contributed by atoms with Gasteiger partial charge in [0.1, 0.15) is 9.15 Å². The van der Waals surface area contributed by atoms with E-state index in [0.29, 0.717) is 0 Å². The van der Waals surface area contributed by atoms with Gasteiger partial charge in [-0.15, -0.1) is 0 Å². The van der Waals surface area contributed by atoms with E-state index in [9.17, 15) is 26.3 Å². The quantitative estimate of drug-likeness (QED) is 0.492. The lowest BCUT2D eigenvalue weighted by molar-refractivity contribution is -0.186. The number of nitrogens with two attached hydrogens (primary N) is 1. The first-order valence-corrected chi connectivity index (χ1v) is 5.66. The van der Waals surface area contributed by atoms with E-state index >= 15 is 0 Å². The number of hydrogen-bond donors (Lipinski definition) is 1. The maximum atomic E-state index is 12.7. The third-order valence-electron chi connectivity index (χ3n) is 2.10. The topological polar surface area (TPSA) is 26.0 Å². The third-order valence-corrected chi connectivity index (χ3v) is 3.55. The van der Waals surface area contributed by atoms with E-state index in [0.717, 1.165) is 12.2 Å². The van der Waals surface area contributed by atoms with Crippen LogP contribution < -0.4 is 5.73 Å². The number of rotatable bonds is 0. The standard InChI is InChI=1S/C8H5Br2F6N/c9-6(10)2-1-3(17)4(7(11,12)13)5(6)8(14,15)16/h1-2,5H,17H2. The molecule has 1 aliphatic rings. The maximum Gasteiger partial charge on any atom is 0.415 e. The summed E-state index contributed by atoms with van der Waals surface area (Å²) >= 11 is 5.15. The molecule has 0 heterocycles. The zero-order valence-corrected chi connectivity index (χ0v) is 11.0. The summed E-state index contributed by atoms with van der Waals surface area (Å²) in [6, 6.07) is 0. The average molecular weight is 389 g/mol. The van der Waals surface area contributed by atoms with Crippen LogP contribution in [0.5, 0.6) is 0 Å². The summed E-state index contributed by atoms with van der Waals surface area (Å²) < 4.78 is 73.9. The Morgan fingerprint density at radius 3 is 1.88 bits per heavy atom. The molecule has 1 atom stereocenters. The molecule has 0 saturated carbocycles. The molecule has 0 fully saturated rings. The van der Waals surface area contributed by atoms with Gasteiger partial charge in [-0.3, -0.25) is 0 Å². The first-order valence-electron chi connectivity index (χ1n) is 4.08. The van der Waals surface area contributed by atoms with Crippen LogP contribution in [0.4, 0.5) is 26.3 Å². The summed E-state index contributed by atoms with van der Waals surface area (Å²) in [5, 5.41) is 0. The molecule has 1 nitrogen and oxygen atoms in total. The Labute approximate surface area is 109 Å². The Morgan fingerprint density at radius 2 is 1.59 bits per heavy atom. The van der Waals surface area contributed by atoms with Crippen molar-refractivity contribution in [2.45, 2.75) is 15.6 Å². The molecule has 0 bridgehead atoms. The van der Waals surface area contributed by atoms with Gasteiger partial charge in [0.15, 0.2) is 0 Å². The van der Waals surface area contributed by atoms with Gasteiger partial charge in [0.2, 0.25) is 0 Å². The average Bonchev–Trinajstić information content (AvgIpc) is 2.04. The van der Waals surface area contributed by atoms with Gasteiger partial charge >= 0.3 is 12.4 Å². The summed E-state index contributed by atoms with van der Waals surface area (Å²) in [4.78, 5) is 0. The lowest BCUT2D eigenvalue weighted by Gasteiger charge is -2.35. The molecule has 1 unspecified atom stereocenters.